The molecule has 0 radical (unpaired) electrons. The SMILES string of the molecule is NC1CC2CCC(C1)N2S(=O)(=O)C1CCS(=O)(=O)C1. The van der Waals surface area contributed by atoms with E-state index in [4.69, 9.17) is 5.73 Å². The van der Waals surface area contributed by atoms with Crippen LogP contribution in [0.5, 0.6) is 0 Å². The first-order chi connectivity index (χ1) is 8.79. The summed E-state index contributed by atoms with van der Waals surface area (Å²) in [4.78, 5) is 0. The van der Waals surface area contributed by atoms with E-state index in [0.29, 0.717) is 12.8 Å². The Morgan fingerprint density at radius 2 is 1.63 bits per heavy atom. The normalized spacial score (nSPS) is 42.6. The monoisotopic (exact) mass is 308 g/mol. The summed E-state index contributed by atoms with van der Waals surface area (Å²) in [7, 11) is -6.67. The number of hydrogen-bond acceptors (Lipinski definition) is 5. The summed E-state index contributed by atoms with van der Waals surface area (Å²) in [5, 5.41) is -0.741. The van der Waals surface area contributed by atoms with Crippen molar-refractivity contribution in [3.05, 3.63) is 0 Å². The average Bonchev–Trinajstić information content (AvgIpc) is 2.78. The highest BCUT2D eigenvalue weighted by atomic mass is 32.2. The minimum absolute atomic E-state index is 0.000413. The van der Waals surface area contributed by atoms with E-state index in [9.17, 15) is 16.8 Å². The third-order valence-corrected chi connectivity index (χ3v) is 9.02. The minimum Gasteiger partial charge on any atom is -0.328 e. The summed E-state index contributed by atoms with van der Waals surface area (Å²) in [6.45, 7) is 0. The van der Waals surface area contributed by atoms with Crippen molar-refractivity contribution >= 4 is 19.9 Å². The number of rotatable bonds is 2. The molecule has 0 aromatic rings. The largest absolute Gasteiger partial charge is 0.328 e. The van der Waals surface area contributed by atoms with E-state index < -0.39 is 25.1 Å². The number of sulfonamides is 1. The van der Waals surface area contributed by atoms with Crippen LogP contribution in [0.2, 0.25) is 0 Å². The summed E-state index contributed by atoms with van der Waals surface area (Å²) >= 11 is 0. The summed E-state index contributed by atoms with van der Waals surface area (Å²) < 4.78 is 49.9. The Balaban J connectivity index is 1.86. The summed E-state index contributed by atoms with van der Waals surface area (Å²) in [5.41, 5.74) is 5.94. The number of nitrogens with zero attached hydrogens (tertiary/aromatic N) is 1. The van der Waals surface area contributed by atoms with Gasteiger partial charge in [-0.05, 0) is 32.1 Å². The second kappa shape index (κ2) is 4.41. The van der Waals surface area contributed by atoms with Crippen LogP contribution >= 0.6 is 0 Å². The van der Waals surface area contributed by atoms with Crippen LogP contribution in [0.3, 0.4) is 0 Å². The molecule has 0 saturated carbocycles. The van der Waals surface area contributed by atoms with Crippen molar-refractivity contribution in [2.75, 3.05) is 11.5 Å². The van der Waals surface area contributed by atoms with Crippen molar-refractivity contribution in [2.24, 2.45) is 5.73 Å². The quantitative estimate of drug-likeness (QED) is 0.738. The molecule has 3 rings (SSSR count). The summed E-state index contributed by atoms with van der Waals surface area (Å²) in [5.74, 6) is -0.211. The molecule has 3 fully saturated rings. The van der Waals surface area contributed by atoms with Crippen molar-refractivity contribution in [1.82, 2.24) is 4.31 Å². The lowest BCUT2D eigenvalue weighted by molar-refractivity contribution is 0.225. The first-order valence-electron chi connectivity index (χ1n) is 6.78. The fourth-order valence-electron chi connectivity index (χ4n) is 3.76. The number of sulfone groups is 1. The molecule has 3 aliphatic heterocycles. The van der Waals surface area contributed by atoms with Crippen LogP contribution in [0, 0.1) is 0 Å². The number of fused-ring (bicyclic) bond motifs is 2. The maximum Gasteiger partial charge on any atom is 0.218 e. The zero-order chi connectivity index (χ0) is 13.8. The molecule has 6 nitrogen and oxygen atoms in total. The zero-order valence-corrected chi connectivity index (χ0v) is 12.4. The van der Waals surface area contributed by atoms with Crippen LogP contribution in [-0.4, -0.2) is 56.0 Å². The summed E-state index contributed by atoms with van der Waals surface area (Å²) in [6.07, 6.45) is 3.37. The van der Waals surface area contributed by atoms with Crippen LogP contribution in [0.25, 0.3) is 0 Å². The molecule has 3 heterocycles. The molecule has 3 aliphatic rings. The maximum atomic E-state index is 12.7. The molecule has 0 aliphatic carbocycles. The Morgan fingerprint density at radius 1 is 1.05 bits per heavy atom. The van der Waals surface area contributed by atoms with Crippen LogP contribution in [0.1, 0.15) is 32.1 Å². The number of piperidine rings is 1. The predicted octanol–water partition coefficient (Wildman–Crippen LogP) is -0.543. The van der Waals surface area contributed by atoms with E-state index in [0.717, 1.165) is 12.8 Å². The van der Waals surface area contributed by atoms with Crippen LogP contribution in [0.15, 0.2) is 0 Å². The highest BCUT2D eigenvalue weighted by Crippen LogP contribution is 2.39. The second-order valence-electron chi connectivity index (χ2n) is 6.02. The van der Waals surface area contributed by atoms with Gasteiger partial charge < -0.3 is 5.73 Å². The Hall–Kier alpha value is -0.180. The van der Waals surface area contributed by atoms with Crippen LogP contribution < -0.4 is 5.73 Å². The number of nitrogens with two attached hydrogens (primary N) is 1. The Kier molecular flexibility index (Phi) is 3.20. The fraction of sp³-hybridized carbons (Fsp3) is 1.00. The third kappa shape index (κ3) is 2.32. The molecule has 19 heavy (non-hydrogen) atoms. The van der Waals surface area contributed by atoms with Gasteiger partial charge in [-0.15, -0.1) is 0 Å². The molecule has 2 bridgehead atoms. The molecule has 0 aromatic carbocycles. The second-order valence-corrected chi connectivity index (χ2v) is 10.4. The molecule has 3 atom stereocenters. The molecular formula is C11H20N2O4S2. The average molecular weight is 308 g/mol. The molecule has 8 heteroatoms. The van der Waals surface area contributed by atoms with Crippen molar-refractivity contribution < 1.29 is 16.8 Å². The van der Waals surface area contributed by atoms with E-state index in [1.807, 2.05) is 0 Å². The van der Waals surface area contributed by atoms with Gasteiger partial charge in [0.25, 0.3) is 0 Å². The molecule has 3 unspecified atom stereocenters. The Bertz CT molecular complexity index is 558. The third-order valence-electron chi connectivity index (χ3n) is 4.61. The van der Waals surface area contributed by atoms with Crippen molar-refractivity contribution in [2.45, 2.75) is 55.5 Å². The highest BCUT2D eigenvalue weighted by Gasteiger charge is 2.50. The van der Waals surface area contributed by atoms with E-state index in [2.05, 4.69) is 0 Å². The van der Waals surface area contributed by atoms with Crippen LogP contribution in [-0.2, 0) is 19.9 Å². The molecule has 0 spiro atoms. The van der Waals surface area contributed by atoms with Crippen molar-refractivity contribution in [1.29, 1.82) is 0 Å². The predicted molar refractivity (Wildman–Crippen MR) is 71.8 cm³/mol. The Labute approximate surface area is 114 Å². The smallest absolute Gasteiger partial charge is 0.218 e. The van der Waals surface area contributed by atoms with Gasteiger partial charge in [0, 0.05) is 18.1 Å². The lowest BCUT2D eigenvalue weighted by atomic mass is 10.0. The number of hydrogen-bond donors (Lipinski definition) is 1. The molecule has 0 aromatic heterocycles. The maximum absolute atomic E-state index is 12.7. The van der Waals surface area contributed by atoms with E-state index >= 15 is 0 Å². The fourth-order valence-corrected chi connectivity index (χ4v) is 8.74. The van der Waals surface area contributed by atoms with Gasteiger partial charge >= 0.3 is 0 Å². The van der Waals surface area contributed by atoms with E-state index in [-0.39, 0.29) is 36.1 Å². The van der Waals surface area contributed by atoms with E-state index in [1.54, 1.807) is 4.31 Å². The van der Waals surface area contributed by atoms with Gasteiger partial charge in [-0.1, -0.05) is 0 Å². The van der Waals surface area contributed by atoms with Gasteiger partial charge in [0.15, 0.2) is 9.84 Å². The minimum atomic E-state index is -3.49. The first kappa shape index (κ1) is 13.8. The van der Waals surface area contributed by atoms with Crippen molar-refractivity contribution in [3.8, 4) is 0 Å². The van der Waals surface area contributed by atoms with Gasteiger partial charge in [0.2, 0.25) is 10.0 Å². The summed E-state index contributed by atoms with van der Waals surface area (Å²) in [6, 6.07) is 0.0559. The first-order valence-corrected chi connectivity index (χ1v) is 10.1. The molecular weight excluding hydrogens is 288 g/mol. The molecule has 2 N–H and O–H groups in total. The van der Waals surface area contributed by atoms with Gasteiger partial charge in [0.05, 0.1) is 16.8 Å². The lowest BCUT2D eigenvalue weighted by Gasteiger charge is -2.37. The lowest BCUT2D eigenvalue weighted by Crippen LogP contribution is -2.52. The highest BCUT2D eigenvalue weighted by molar-refractivity contribution is 7.95. The molecule has 110 valence electrons. The van der Waals surface area contributed by atoms with Gasteiger partial charge in [-0.25, -0.2) is 16.8 Å². The standard InChI is InChI=1S/C11H20N2O4S2/c12-8-5-9-1-2-10(6-8)13(9)19(16,17)11-3-4-18(14,15)7-11/h8-11H,1-7,12H2. The zero-order valence-electron chi connectivity index (χ0n) is 10.7. The van der Waals surface area contributed by atoms with Crippen molar-refractivity contribution in [3.63, 3.8) is 0 Å². The van der Waals surface area contributed by atoms with Gasteiger partial charge in [-0.2, -0.15) is 4.31 Å². The topological polar surface area (TPSA) is 97.5 Å². The molecule has 3 saturated heterocycles. The molecule has 0 amide bonds. The van der Waals surface area contributed by atoms with Crippen LogP contribution in [0.4, 0.5) is 0 Å². The van der Waals surface area contributed by atoms with Gasteiger partial charge in [0.1, 0.15) is 0 Å². The van der Waals surface area contributed by atoms with Gasteiger partial charge in [-0.3, -0.25) is 0 Å². The Morgan fingerprint density at radius 3 is 2.11 bits per heavy atom. The van der Waals surface area contributed by atoms with E-state index in [1.165, 1.54) is 0 Å².